The Morgan fingerprint density at radius 2 is 2.00 bits per heavy atom. The molecule has 2 N–H and O–H groups in total. The number of benzene rings is 1. The number of nitrogens with one attached hydrogen (secondary N) is 1. The van der Waals surface area contributed by atoms with Crippen molar-refractivity contribution >= 4 is 28.6 Å². The average molecular weight is 230 g/mol. The van der Waals surface area contributed by atoms with E-state index < -0.39 is 5.97 Å². The number of carbonyl (C=O) groups is 2. The zero-order valence-electron chi connectivity index (χ0n) is 9.10. The van der Waals surface area contributed by atoms with Crippen molar-refractivity contribution in [2.24, 2.45) is 0 Å². The second kappa shape index (κ2) is 4.21. The normalized spacial score (nSPS) is 10.2. The maximum absolute atomic E-state index is 11.1. The SMILES string of the molecule is CC(=O)Nc1nc2ccccc2cc1C(=O)O. The van der Waals surface area contributed by atoms with Crippen LogP contribution in [0.2, 0.25) is 0 Å². The smallest absolute Gasteiger partial charge is 0.339 e. The Hall–Kier alpha value is -2.43. The Kier molecular flexibility index (Phi) is 2.74. The van der Waals surface area contributed by atoms with Crippen LogP contribution in [0.5, 0.6) is 0 Å². The first kappa shape index (κ1) is 11.1. The van der Waals surface area contributed by atoms with Gasteiger partial charge in [0, 0.05) is 12.3 Å². The molecule has 0 bridgehead atoms. The molecule has 0 spiro atoms. The molecule has 1 heterocycles. The van der Waals surface area contributed by atoms with Gasteiger partial charge < -0.3 is 10.4 Å². The molecule has 5 heteroatoms. The summed E-state index contributed by atoms with van der Waals surface area (Å²) in [5, 5.41) is 12.2. The van der Waals surface area contributed by atoms with Crippen molar-refractivity contribution in [3.63, 3.8) is 0 Å². The number of anilines is 1. The minimum absolute atomic E-state index is 0.0149. The van der Waals surface area contributed by atoms with E-state index in [1.54, 1.807) is 24.3 Å². The Labute approximate surface area is 97.1 Å². The van der Waals surface area contributed by atoms with Gasteiger partial charge in [0.25, 0.3) is 0 Å². The third kappa shape index (κ3) is 2.23. The highest BCUT2D eigenvalue weighted by molar-refractivity contribution is 6.02. The highest BCUT2D eigenvalue weighted by Gasteiger charge is 2.13. The number of carboxylic acid groups (broad SMARTS) is 1. The zero-order chi connectivity index (χ0) is 12.4. The molecule has 2 aromatic rings. The van der Waals surface area contributed by atoms with E-state index in [1.807, 2.05) is 0 Å². The molecule has 1 aromatic carbocycles. The first-order chi connectivity index (χ1) is 8.08. The van der Waals surface area contributed by atoms with Crippen LogP contribution in [0.15, 0.2) is 30.3 Å². The highest BCUT2D eigenvalue weighted by atomic mass is 16.4. The maximum Gasteiger partial charge on any atom is 0.339 e. The zero-order valence-corrected chi connectivity index (χ0v) is 9.10. The molecule has 0 saturated carbocycles. The van der Waals surface area contributed by atoms with Crippen LogP contribution in [-0.4, -0.2) is 22.0 Å². The van der Waals surface area contributed by atoms with Gasteiger partial charge in [0.05, 0.1) is 5.52 Å². The van der Waals surface area contributed by atoms with E-state index in [9.17, 15) is 9.59 Å². The van der Waals surface area contributed by atoms with Crippen molar-refractivity contribution in [2.75, 3.05) is 5.32 Å². The minimum atomic E-state index is -1.12. The topological polar surface area (TPSA) is 79.3 Å². The van der Waals surface area contributed by atoms with E-state index in [4.69, 9.17) is 5.11 Å². The number of amides is 1. The van der Waals surface area contributed by atoms with Gasteiger partial charge in [-0.2, -0.15) is 0 Å². The van der Waals surface area contributed by atoms with E-state index in [1.165, 1.54) is 13.0 Å². The van der Waals surface area contributed by atoms with Crippen LogP contribution >= 0.6 is 0 Å². The van der Waals surface area contributed by atoms with Crippen LogP contribution in [0.4, 0.5) is 5.82 Å². The molecular weight excluding hydrogens is 220 g/mol. The fraction of sp³-hybridized carbons (Fsp3) is 0.0833. The summed E-state index contributed by atoms with van der Waals surface area (Å²) in [6.45, 7) is 1.31. The number of carbonyl (C=O) groups excluding carboxylic acids is 1. The molecule has 0 aliphatic carbocycles. The number of rotatable bonds is 2. The van der Waals surface area contributed by atoms with Crippen LogP contribution < -0.4 is 5.32 Å². The summed E-state index contributed by atoms with van der Waals surface area (Å²) in [7, 11) is 0. The van der Waals surface area contributed by atoms with Gasteiger partial charge >= 0.3 is 5.97 Å². The predicted octanol–water partition coefficient (Wildman–Crippen LogP) is 1.89. The third-order valence-corrected chi connectivity index (χ3v) is 2.25. The molecule has 2 rings (SSSR count). The molecule has 5 nitrogen and oxygen atoms in total. The molecule has 0 aliphatic heterocycles. The van der Waals surface area contributed by atoms with Crippen LogP contribution in [0.1, 0.15) is 17.3 Å². The maximum atomic E-state index is 11.1. The van der Waals surface area contributed by atoms with Crippen molar-refractivity contribution in [3.8, 4) is 0 Å². The van der Waals surface area contributed by atoms with Crippen molar-refractivity contribution in [3.05, 3.63) is 35.9 Å². The van der Waals surface area contributed by atoms with Gasteiger partial charge in [0.1, 0.15) is 11.4 Å². The van der Waals surface area contributed by atoms with E-state index in [2.05, 4.69) is 10.3 Å². The molecule has 17 heavy (non-hydrogen) atoms. The standard InChI is InChI=1S/C12H10N2O3/c1-7(15)13-11-9(12(16)17)6-8-4-2-3-5-10(8)14-11/h2-6H,1H3,(H,16,17)(H,13,14,15). The summed E-state index contributed by atoms with van der Waals surface area (Å²) in [6.07, 6.45) is 0. The monoisotopic (exact) mass is 230 g/mol. The molecule has 0 aliphatic rings. The lowest BCUT2D eigenvalue weighted by Crippen LogP contribution is -2.12. The number of aromatic carboxylic acids is 1. The van der Waals surface area contributed by atoms with Crippen LogP contribution in [0.3, 0.4) is 0 Å². The fourth-order valence-corrected chi connectivity index (χ4v) is 1.54. The van der Waals surface area contributed by atoms with Crippen LogP contribution in [-0.2, 0) is 4.79 Å². The van der Waals surface area contributed by atoms with Gasteiger partial charge in [-0.1, -0.05) is 18.2 Å². The van der Waals surface area contributed by atoms with Crippen molar-refractivity contribution in [1.29, 1.82) is 0 Å². The first-order valence-electron chi connectivity index (χ1n) is 4.98. The second-order valence-corrected chi connectivity index (χ2v) is 3.56. The number of aromatic nitrogens is 1. The lowest BCUT2D eigenvalue weighted by molar-refractivity contribution is -0.114. The average Bonchev–Trinajstić information content (AvgIpc) is 2.27. The predicted molar refractivity (Wildman–Crippen MR) is 63.0 cm³/mol. The van der Waals surface area contributed by atoms with Gasteiger partial charge in [0.15, 0.2) is 0 Å². The number of pyridine rings is 1. The lowest BCUT2D eigenvalue weighted by atomic mass is 10.1. The van der Waals surface area contributed by atoms with Gasteiger partial charge in [-0.3, -0.25) is 4.79 Å². The molecule has 0 radical (unpaired) electrons. The number of carboxylic acids is 1. The molecular formula is C12H10N2O3. The number of hydrogen-bond acceptors (Lipinski definition) is 3. The Morgan fingerprint density at radius 3 is 2.65 bits per heavy atom. The quantitative estimate of drug-likeness (QED) is 0.825. The Balaban J connectivity index is 2.66. The van der Waals surface area contributed by atoms with Crippen molar-refractivity contribution in [2.45, 2.75) is 6.92 Å². The van der Waals surface area contributed by atoms with Gasteiger partial charge in [-0.15, -0.1) is 0 Å². The molecule has 0 saturated heterocycles. The molecule has 1 aromatic heterocycles. The number of nitrogens with zero attached hydrogens (tertiary/aromatic N) is 1. The summed E-state index contributed by atoms with van der Waals surface area (Å²) in [4.78, 5) is 26.2. The summed E-state index contributed by atoms with van der Waals surface area (Å²) in [5.74, 6) is -1.40. The number of para-hydroxylation sites is 1. The van der Waals surface area contributed by atoms with E-state index in [0.717, 1.165) is 5.39 Å². The summed E-state index contributed by atoms with van der Waals surface area (Å²) in [5.41, 5.74) is 0.625. The van der Waals surface area contributed by atoms with Crippen LogP contribution in [0.25, 0.3) is 10.9 Å². The second-order valence-electron chi connectivity index (χ2n) is 3.56. The molecule has 1 amide bonds. The third-order valence-electron chi connectivity index (χ3n) is 2.25. The Bertz CT molecular complexity index is 608. The van der Waals surface area contributed by atoms with Crippen LogP contribution in [0, 0.1) is 0 Å². The van der Waals surface area contributed by atoms with Gasteiger partial charge in [0.2, 0.25) is 5.91 Å². The number of hydrogen-bond donors (Lipinski definition) is 2. The molecule has 0 fully saturated rings. The molecule has 0 atom stereocenters. The highest BCUT2D eigenvalue weighted by Crippen LogP contribution is 2.20. The summed E-state index contributed by atoms with van der Waals surface area (Å²) in [6, 6.07) is 8.62. The lowest BCUT2D eigenvalue weighted by Gasteiger charge is -2.07. The largest absolute Gasteiger partial charge is 0.478 e. The van der Waals surface area contributed by atoms with Gasteiger partial charge in [-0.05, 0) is 12.1 Å². The number of fused-ring (bicyclic) bond motifs is 1. The van der Waals surface area contributed by atoms with Crippen molar-refractivity contribution in [1.82, 2.24) is 4.98 Å². The summed E-state index contributed by atoms with van der Waals surface area (Å²) < 4.78 is 0. The van der Waals surface area contributed by atoms with E-state index in [-0.39, 0.29) is 17.3 Å². The fourth-order valence-electron chi connectivity index (χ4n) is 1.54. The summed E-state index contributed by atoms with van der Waals surface area (Å²) >= 11 is 0. The first-order valence-corrected chi connectivity index (χ1v) is 4.98. The Morgan fingerprint density at radius 1 is 1.29 bits per heavy atom. The van der Waals surface area contributed by atoms with Gasteiger partial charge in [-0.25, -0.2) is 9.78 Å². The minimum Gasteiger partial charge on any atom is -0.478 e. The molecule has 86 valence electrons. The van der Waals surface area contributed by atoms with E-state index >= 15 is 0 Å². The molecule has 0 unspecified atom stereocenters. The van der Waals surface area contributed by atoms with Crippen molar-refractivity contribution < 1.29 is 14.7 Å². The van der Waals surface area contributed by atoms with E-state index in [0.29, 0.717) is 5.52 Å².